The molecule has 7 heteroatoms. The van der Waals surface area contributed by atoms with Crippen LogP contribution in [-0.4, -0.2) is 24.5 Å². The fourth-order valence-electron chi connectivity index (χ4n) is 3.12. The Labute approximate surface area is 167 Å². The Bertz CT molecular complexity index is 1310. The van der Waals surface area contributed by atoms with Crippen molar-refractivity contribution in [2.75, 3.05) is 4.72 Å². The van der Waals surface area contributed by atoms with Crippen molar-refractivity contribution in [1.82, 2.24) is 4.98 Å². The quantitative estimate of drug-likeness (QED) is 0.514. The summed E-state index contributed by atoms with van der Waals surface area (Å²) in [4.78, 5) is 15.8. The van der Waals surface area contributed by atoms with Gasteiger partial charge in [-0.1, -0.05) is 54.6 Å². The minimum Gasteiger partial charge on any atom is -0.478 e. The van der Waals surface area contributed by atoms with Crippen LogP contribution in [0.5, 0.6) is 0 Å². The maximum atomic E-state index is 13.1. The van der Waals surface area contributed by atoms with Crippen molar-refractivity contribution in [3.8, 4) is 11.1 Å². The van der Waals surface area contributed by atoms with Gasteiger partial charge in [0, 0.05) is 11.6 Å². The maximum Gasteiger partial charge on any atom is 0.337 e. The van der Waals surface area contributed by atoms with Gasteiger partial charge in [0.25, 0.3) is 10.0 Å². The molecule has 1 aromatic heterocycles. The van der Waals surface area contributed by atoms with Crippen LogP contribution in [0.2, 0.25) is 0 Å². The normalized spacial score (nSPS) is 11.3. The van der Waals surface area contributed by atoms with E-state index < -0.39 is 16.0 Å². The summed E-state index contributed by atoms with van der Waals surface area (Å²) in [5.74, 6) is -1.22. The minimum absolute atomic E-state index is 0.00760. The van der Waals surface area contributed by atoms with E-state index in [9.17, 15) is 18.3 Å². The predicted molar refractivity (Wildman–Crippen MR) is 111 cm³/mol. The molecular formula is C22H16N2O4S. The van der Waals surface area contributed by atoms with Crippen molar-refractivity contribution in [2.24, 2.45) is 0 Å². The van der Waals surface area contributed by atoms with Gasteiger partial charge in [-0.2, -0.15) is 0 Å². The van der Waals surface area contributed by atoms with Crippen LogP contribution in [0, 0.1) is 0 Å². The first-order chi connectivity index (χ1) is 14.0. The molecule has 0 bridgehead atoms. The number of carbonyl (C=O) groups is 1. The Balaban J connectivity index is 1.82. The van der Waals surface area contributed by atoms with Crippen molar-refractivity contribution in [1.29, 1.82) is 0 Å². The zero-order valence-electron chi connectivity index (χ0n) is 15.1. The molecule has 0 atom stereocenters. The van der Waals surface area contributed by atoms with Crippen molar-refractivity contribution < 1.29 is 18.3 Å². The molecule has 4 rings (SSSR count). The number of carboxylic acids is 1. The molecule has 6 nitrogen and oxygen atoms in total. The third-order valence-electron chi connectivity index (χ3n) is 4.49. The smallest absolute Gasteiger partial charge is 0.337 e. The van der Waals surface area contributed by atoms with Gasteiger partial charge in [0.05, 0.1) is 16.8 Å². The molecule has 4 aromatic rings. The van der Waals surface area contributed by atoms with Gasteiger partial charge in [0.1, 0.15) is 4.90 Å². The van der Waals surface area contributed by atoms with Crippen LogP contribution in [0.4, 0.5) is 5.69 Å². The zero-order valence-corrected chi connectivity index (χ0v) is 15.9. The van der Waals surface area contributed by atoms with Crippen LogP contribution >= 0.6 is 0 Å². The van der Waals surface area contributed by atoms with Crippen molar-refractivity contribution >= 4 is 32.6 Å². The van der Waals surface area contributed by atoms with E-state index in [1.807, 2.05) is 30.3 Å². The molecule has 0 spiro atoms. The molecule has 2 N–H and O–H groups in total. The van der Waals surface area contributed by atoms with Gasteiger partial charge in [-0.3, -0.25) is 9.71 Å². The van der Waals surface area contributed by atoms with E-state index in [-0.39, 0.29) is 16.1 Å². The number of anilines is 1. The highest BCUT2D eigenvalue weighted by Crippen LogP contribution is 2.29. The molecule has 0 saturated carbocycles. The Morgan fingerprint density at radius 3 is 2.38 bits per heavy atom. The summed E-state index contributed by atoms with van der Waals surface area (Å²) in [6, 6.07) is 22.2. The molecular weight excluding hydrogens is 388 g/mol. The SMILES string of the molecule is O=C(O)c1ccc(-c2ccccc2)cc1NS(=O)(=O)c1cccc2cccnc12. The van der Waals surface area contributed by atoms with Gasteiger partial charge in [-0.15, -0.1) is 0 Å². The number of aromatic nitrogens is 1. The minimum atomic E-state index is -4.07. The number of hydrogen-bond acceptors (Lipinski definition) is 4. The molecule has 0 fully saturated rings. The fourth-order valence-corrected chi connectivity index (χ4v) is 4.37. The summed E-state index contributed by atoms with van der Waals surface area (Å²) in [5, 5.41) is 10.2. The number of benzene rings is 3. The largest absolute Gasteiger partial charge is 0.478 e. The van der Waals surface area contributed by atoms with Gasteiger partial charge in [-0.05, 0) is 35.4 Å². The number of rotatable bonds is 5. The first-order valence-corrected chi connectivity index (χ1v) is 10.2. The number of hydrogen-bond donors (Lipinski definition) is 2. The Morgan fingerprint density at radius 1 is 0.862 bits per heavy atom. The van der Waals surface area contributed by atoms with E-state index in [0.29, 0.717) is 16.5 Å². The summed E-state index contributed by atoms with van der Waals surface area (Å²) in [5.41, 5.74) is 1.72. The number of nitrogens with one attached hydrogen (secondary N) is 1. The van der Waals surface area contributed by atoms with Gasteiger partial charge in [-0.25, -0.2) is 13.2 Å². The second-order valence-corrected chi connectivity index (χ2v) is 8.02. The maximum absolute atomic E-state index is 13.1. The number of pyridine rings is 1. The molecule has 0 radical (unpaired) electrons. The predicted octanol–water partition coefficient (Wildman–Crippen LogP) is 4.40. The summed E-state index contributed by atoms with van der Waals surface area (Å²) in [6.45, 7) is 0. The molecule has 0 aliphatic rings. The van der Waals surface area contributed by atoms with Gasteiger partial charge in [0.15, 0.2) is 0 Å². The summed E-state index contributed by atoms with van der Waals surface area (Å²) in [7, 11) is -4.07. The Kier molecular flexibility index (Phi) is 4.74. The number of nitrogens with zero attached hydrogens (tertiary/aromatic N) is 1. The highest BCUT2D eigenvalue weighted by atomic mass is 32.2. The van der Waals surface area contributed by atoms with Crippen molar-refractivity contribution in [2.45, 2.75) is 4.90 Å². The molecule has 144 valence electrons. The molecule has 1 heterocycles. The van der Waals surface area contributed by atoms with E-state index in [1.165, 1.54) is 24.4 Å². The van der Waals surface area contributed by atoms with E-state index in [0.717, 1.165) is 5.56 Å². The number of aromatic carboxylic acids is 1. The second kappa shape index (κ2) is 7.37. The number of para-hydroxylation sites is 1. The van der Waals surface area contributed by atoms with Crippen LogP contribution in [0.1, 0.15) is 10.4 Å². The average molecular weight is 404 g/mol. The Morgan fingerprint density at radius 2 is 1.62 bits per heavy atom. The summed E-state index contributed by atoms with van der Waals surface area (Å²) >= 11 is 0. The lowest BCUT2D eigenvalue weighted by atomic mass is 10.0. The zero-order chi connectivity index (χ0) is 20.4. The monoisotopic (exact) mass is 404 g/mol. The Hall–Kier alpha value is -3.71. The summed E-state index contributed by atoms with van der Waals surface area (Å²) in [6.07, 6.45) is 1.51. The van der Waals surface area contributed by atoms with Crippen LogP contribution < -0.4 is 4.72 Å². The highest BCUT2D eigenvalue weighted by molar-refractivity contribution is 7.93. The fraction of sp³-hybridized carbons (Fsp3) is 0. The lowest BCUT2D eigenvalue weighted by molar-refractivity contribution is 0.0698. The topological polar surface area (TPSA) is 96.4 Å². The van der Waals surface area contributed by atoms with Crippen LogP contribution in [0.15, 0.2) is 90.0 Å². The molecule has 0 unspecified atom stereocenters. The van der Waals surface area contributed by atoms with E-state index in [1.54, 1.807) is 30.3 Å². The summed E-state index contributed by atoms with van der Waals surface area (Å²) < 4.78 is 28.6. The van der Waals surface area contributed by atoms with Crippen LogP contribution in [0.3, 0.4) is 0 Å². The molecule has 0 aliphatic carbocycles. The average Bonchev–Trinajstić information content (AvgIpc) is 2.73. The van der Waals surface area contributed by atoms with Crippen molar-refractivity contribution in [3.05, 3.63) is 90.6 Å². The van der Waals surface area contributed by atoms with E-state index >= 15 is 0 Å². The lowest BCUT2D eigenvalue weighted by Gasteiger charge is -2.13. The van der Waals surface area contributed by atoms with Gasteiger partial charge >= 0.3 is 5.97 Å². The second-order valence-electron chi connectivity index (χ2n) is 6.37. The van der Waals surface area contributed by atoms with Gasteiger partial charge in [0.2, 0.25) is 0 Å². The lowest BCUT2D eigenvalue weighted by Crippen LogP contribution is -2.16. The molecule has 0 aliphatic heterocycles. The first-order valence-electron chi connectivity index (χ1n) is 8.75. The molecule has 0 amide bonds. The third kappa shape index (κ3) is 3.68. The van der Waals surface area contributed by atoms with Crippen LogP contribution in [-0.2, 0) is 10.0 Å². The third-order valence-corrected chi connectivity index (χ3v) is 5.88. The number of fused-ring (bicyclic) bond motifs is 1. The van der Waals surface area contributed by atoms with Gasteiger partial charge < -0.3 is 5.11 Å². The van der Waals surface area contributed by atoms with E-state index in [4.69, 9.17) is 0 Å². The number of carboxylic acid groups (broad SMARTS) is 1. The molecule has 0 saturated heterocycles. The molecule has 3 aromatic carbocycles. The standard InChI is InChI=1S/C22H16N2O4S/c25-22(26)18-12-11-17(15-6-2-1-3-7-15)14-19(18)24-29(27,28)20-10-4-8-16-9-5-13-23-21(16)20/h1-14,24H,(H,25,26). The van der Waals surface area contributed by atoms with Crippen molar-refractivity contribution in [3.63, 3.8) is 0 Å². The van der Waals surface area contributed by atoms with E-state index in [2.05, 4.69) is 9.71 Å². The number of sulfonamides is 1. The highest BCUT2D eigenvalue weighted by Gasteiger charge is 2.22. The first kappa shape index (κ1) is 18.6. The molecule has 29 heavy (non-hydrogen) atoms. The van der Waals surface area contributed by atoms with Crippen LogP contribution in [0.25, 0.3) is 22.0 Å².